The summed E-state index contributed by atoms with van der Waals surface area (Å²) in [5.41, 5.74) is -0.433. The monoisotopic (exact) mass is 250 g/mol. The number of nitrogens with zero attached hydrogens (tertiary/aromatic N) is 2. The van der Waals surface area contributed by atoms with Crippen LogP contribution in [0.1, 0.15) is 0 Å². The number of non-ortho nitro benzene ring substituents is 1. The summed E-state index contributed by atoms with van der Waals surface area (Å²) in [6, 6.07) is 3.87. The molecule has 0 bridgehead atoms. The fraction of sp³-hybridized carbons (Fsp3) is 0.182. The minimum absolute atomic E-state index is 0.151. The van der Waals surface area contributed by atoms with Crippen molar-refractivity contribution < 1.29 is 14.8 Å². The summed E-state index contributed by atoms with van der Waals surface area (Å²) in [7, 11) is 2.73. The molecule has 0 saturated heterocycles. The Hall–Kier alpha value is -2.57. The Morgan fingerprint density at radius 2 is 2.11 bits per heavy atom. The fourth-order valence-corrected chi connectivity index (χ4v) is 1.78. The third-order valence-corrected chi connectivity index (χ3v) is 2.73. The van der Waals surface area contributed by atoms with Crippen LogP contribution in [0.15, 0.2) is 23.0 Å². The second-order valence-electron chi connectivity index (χ2n) is 3.70. The molecule has 0 radical (unpaired) electrons. The molecule has 0 fully saturated rings. The lowest BCUT2D eigenvalue weighted by Gasteiger charge is -2.10. The predicted molar refractivity (Wildman–Crippen MR) is 64.1 cm³/mol. The maximum absolute atomic E-state index is 11.8. The quantitative estimate of drug-likeness (QED) is 0.637. The van der Waals surface area contributed by atoms with E-state index in [1.54, 1.807) is 0 Å². The molecule has 2 aromatic rings. The van der Waals surface area contributed by atoms with Crippen LogP contribution in [0, 0.1) is 10.1 Å². The first-order valence-electron chi connectivity index (χ1n) is 5.01. The van der Waals surface area contributed by atoms with Gasteiger partial charge in [0.15, 0.2) is 5.75 Å². The lowest BCUT2D eigenvalue weighted by molar-refractivity contribution is -0.384. The van der Waals surface area contributed by atoms with Gasteiger partial charge in [0.25, 0.3) is 11.2 Å². The zero-order valence-corrected chi connectivity index (χ0v) is 9.71. The Labute approximate surface area is 101 Å². The van der Waals surface area contributed by atoms with Gasteiger partial charge >= 0.3 is 0 Å². The molecular formula is C11H10N2O5. The van der Waals surface area contributed by atoms with E-state index in [0.717, 1.165) is 0 Å². The Morgan fingerprint density at radius 3 is 2.67 bits per heavy atom. The second kappa shape index (κ2) is 4.02. The number of methoxy groups -OCH3 is 1. The van der Waals surface area contributed by atoms with E-state index in [2.05, 4.69) is 0 Å². The number of pyridine rings is 1. The molecule has 0 aliphatic heterocycles. The van der Waals surface area contributed by atoms with Gasteiger partial charge in [-0.05, 0) is 6.07 Å². The molecule has 0 aliphatic rings. The van der Waals surface area contributed by atoms with Crippen LogP contribution >= 0.6 is 0 Å². The first-order chi connectivity index (χ1) is 8.47. The van der Waals surface area contributed by atoms with E-state index in [1.165, 1.54) is 36.9 Å². The molecule has 94 valence electrons. The lowest BCUT2D eigenvalue weighted by atomic mass is 10.1. The first-order valence-corrected chi connectivity index (χ1v) is 5.01. The summed E-state index contributed by atoms with van der Waals surface area (Å²) in [4.78, 5) is 21.9. The molecule has 7 nitrogen and oxygen atoms in total. The maximum atomic E-state index is 11.8. The molecule has 0 aliphatic carbocycles. The van der Waals surface area contributed by atoms with E-state index in [4.69, 9.17) is 4.74 Å². The molecule has 18 heavy (non-hydrogen) atoms. The van der Waals surface area contributed by atoms with E-state index in [9.17, 15) is 20.0 Å². The van der Waals surface area contributed by atoms with Crippen LogP contribution in [0.2, 0.25) is 0 Å². The Morgan fingerprint density at radius 1 is 1.44 bits per heavy atom. The molecule has 2 rings (SSSR count). The van der Waals surface area contributed by atoms with Crippen molar-refractivity contribution in [2.45, 2.75) is 0 Å². The normalized spacial score (nSPS) is 10.6. The lowest BCUT2D eigenvalue weighted by Crippen LogP contribution is -2.18. The van der Waals surface area contributed by atoms with Gasteiger partial charge in [-0.1, -0.05) is 0 Å². The summed E-state index contributed by atoms with van der Waals surface area (Å²) in [6.07, 6.45) is 0. The number of rotatable bonds is 2. The Balaban J connectivity index is 2.94. The van der Waals surface area contributed by atoms with Crippen molar-refractivity contribution in [1.29, 1.82) is 0 Å². The molecule has 0 spiro atoms. The molecule has 0 saturated carbocycles. The Bertz CT molecular complexity index is 705. The second-order valence-corrected chi connectivity index (χ2v) is 3.70. The topological polar surface area (TPSA) is 94.6 Å². The highest BCUT2D eigenvalue weighted by atomic mass is 16.6. The summed E-state index contributed by atoms with van der Waals surface area (Å²) >= 11 is 0. The number of aromatic hydroxyl groups is 1. The summed E-state index contributed by atoms with van der Waals surface area (Å²) < 4.78 is 6.02. The van der Waals surface area contributed by atoms with Crippen LogP contribution in [0.5, 0.6) is 11.5 Å². The highest BCUT2D eigenvalue weighted by Crippen LogP contribution is 2.32. The molecular weight excluding hydrogens is 240 g/mol. The van der Waals surface area contributed by atoms with Gasteiger partial charge in [-0.15, -0.1) is 0 Å². The van der Waals surface area contributed by atoms with E-state index < -0.39 is 10.5 Å². The van der Waals surface area contributed by atoms with E-state index >= 15 is 0 Å². The summed E-state index contributed by atoms with van der Waals surface area (Å²) in [5.74, 6) is -0.496. The van der Waals surface area contributed by atoms with Crippen molar-refractivity contribution in [3.05, 3.63) is 38.7 Å². The van der Waals surface area contributed by atoms with E-state index in [-0.39, 0.29) is 22.7 Å². The van der Waals surface area contributed by atoms with Gasteiger partial charge in [0.1, 0.15) is 0 Å². The molecule has 1 aromatic carbocycles. The van der Waals surface area contributed by atoms with Crippen LogP contribution in [0.3, 0.4) is 0 Å². The SMILES string of the molecule is COc1c(O)c2ccc([N+](=O)[O-])cc2n(C)c1=O. The number of benzene rings is 1. The number of nitro groups is 1. The smallest absolute Gasteiger partial charge is 0.297 e. The van der Waals surface area contributed by atoms with Crippen molar-refractivity contribution >= 4 is 16.6 Å². The number of ether oxygens (including phenoxy) is 1. The molecule has 1 aromatic heterocycles. The zero-order valence-electron chi connectivity index (χ0n) is 9.71. The Kier molecular flexibility index (Phi) is 2.66. The van der Waals surface area contributed by atoms with Crippen molar-refractivity contribution in [2.75, 3.05) is 7.11 Å². The molecule has 7 heteroatoms. The van der Waals surface area contributed by atoms with Crippen LogP contribution in [-0.2, 0) is 7.05 Å². The predicted octanol–water partition coefficient (Wildman–Crippen LogP) is 1.16. The average Bonchev–Trinajstić information content (AvgIpc) is 2.36. The number of hydrogen-bond acceptors (Lipinski definition) is 5. The number of hydrogen-bond donors (Lipinski definition) is 1. The van der Waals surface area contributed by atoms with Crippen LogP contribution in [0.25, 0.3) is 10.9 Å². The molecule has 0 unspecified atom stereocenters. The minimum atomic E-state index is -0.564. The van der Waals surface area contributed by atoms with Gasteiger partial charge in [-0.2, -0.15) is 0 Å². The van der Waals surface area contributed by atoms with E-state index in [1.807, 2.05) is 0 Å². The van der Waals surface area contributed by atoms with Crippen molar-refractivity contribution in [3.8, 4) is 11.5 Å². The minimum Gasteiger partial charge on any atom is -0.504 e. The number of aryl methyl sites for hydroxylation is 1. The standard InChI is InChI=1S/C11H10N2O5/c1-12-8-5-6(13(16)17)3-4-7(8)9(14)10(18-2)11(12)15/h3-5,14H,1-2H3. The van der Waals surface area contributed by atoms with Gasteiger partial charge in [0.05, 0.1) is 17.5 Å². The third kappa shape index (κ3) is 1.56. The molecule has 1 heterocycles. The van der Waals surface area contributed by atoms with Crippen LogP contribution < -0.4 is 10.3 Å². The maximum Gasteiger partial charge on any atom is 0.297 e. The van der Waals surface area contributed by atoms with Crippen molar-refractivity contribution in [2.24, 2.45) is 7.05 Å². The summed E-state index contributed by atoms with van der Waals surface area (Å²) in [5, 5.41) is 20.9. The summed E-state index contributed by atoms with van der Waals surface area (Å²) in [6.45, 7) is 0. The van der Waals surface area contributed by atoms with Gasteiger partial charge in [-0.3, -0.25) is 14.9 Å². The van der Waals surface area contributed by atoms with Crippen molar-refractivity contribution in [1.82, 2.24) is 4.57 Å². The molecule has 1 N–H and O–H groups in total. The first kappa shape index (κ1) is 11.9. The van der Waals surface area contributed by atoms with Crippen LogP contribution in [-0.4, -0.2) is 21.7 Å². The fourth-order valence-electron chi connectivity index (χ4n) is 1.78. The highest BCUT2D eigenvalue weighted by molar-refractivity contribution is 5.89. The largest absolute Gasteiger partial charge is 0.504 e. The molecule has 0 amide bonds. The molecule has 0 atom stereocenters. The van der Waals surface area contributed by atoms with E-state index in [0.29, 0.717) is 5.39 Å². The van der Waals surface area contributed by atoms with Gasteiger partial charge < -0.3 is 14.4 Å². The average molecular weight is 250 g/mol. The zero-order chi connectivity index (χ0) is 13.4. The van der Waals surface area contributed by atoms with Gasteiger partial charge in [0, 0.05) is 24.6 Å². The number of aromatic nitrogens is 1. The van der Waals surface area contributed by atoms with Crippen LogP contribution in [0.4, 0.5) is 5.69 Å². The van der Waals surface area contributed by atoms with Crippen molar-refractivity contribution in [3.63, 3.8) is 0 Å². The number of fused-ring (bicyclic) bond motifs is 1. The van der Waals surface area contributed by atoms with Gasteiger partial charge in [-0.25, -0.2) is 0 Å². The highest BCUT2D eigenvalue weighted by Gasteiger charge is 2.17. The number of nitro benzene ring substituents is 1. The third-order valence-electron chi connectivity index (χ3n) is 2.73. The van der Waals surface area contributed by atoms with Gasteiger partial charge in [0.2, 0.25) is 5.75 Å².